The van der Waals surface area contributed by atoms with Crippen molar-refractivity contribution in [3.8, 4) is 0 Å². The Labute approximate surface area is 103 Å². The van der Waals surface area contributed by atoms with Crippen molar-refractivity contribution < 1.29 is 4.79 Å². The van der Waals surface area contributed by atoms with Gasteiger partial charge in [0.25, 0.3) is 5.91 Å². The molecule has 1 aromatic heterocycles. The van der Waals surface area contributed by atoms with E-state index in [1.807, 2.05) is 4.90 Å². The minimum absolute atomic E-state index is 0.0554. The predicted octanol–water partition coefficient (Wildman–Crippen LogP) is 0.969. The van der Waals surface area contributed by atoms with E-state index in [2.05, 4.69) is 22.0 Å². The number of hydrogen-bond acceptors (Lipinski definition) is 5. The van der Waals surface area contributed by atoms with Gasteiger partial charge in [0, 0.05) is 26.2 Å². The van der Waals surface area contributed by atoms with Crippen LogP contribution in [0.3, 0.4) is 0 Å². The normalized spacial score (nSPS) is 17.8. The average Bonchev–Trinajstić information content (AvgIpc) is 2.75. The monoisotopic (exact) mass is 260 g/mol. The van der Waals surface area contributed by atoms with Crippen molar-refractivity contribution in [1.29, 1.82) is 0 Å². The van der Waals surface area contributed by atoms with Crippen molar-refractivity contribution >= 4 is 28.8 Å². The molecular formula is C9H13ClN4OS. The lowest BCUT2D eigenvalue weighted by molar-refractivity contribution is 0.0642. The molecule has 0 aliphatic carbocycles. The summed E-state index contributed by atoms with van der Waals surface area (Å²) in [6.07, 6.45) is 0. The van der Waals surface area contributed by atoms with Gasteiger partial charge in [-0.25, -0.2) is 0 Å². The molecule has 2 heterocycles. The molecule has 1 amide bonds. The van der Waals surface area contributed by atoms with Gasteiger partial charge in [0.15, 0.2) is 0 Å². The summed E-state index contributed by atoms with van der Waals surface area (Å²) in [5, 5.41) is 7.79. The van der Waals surface area contributed by atoms with Gasteiger partial charge in [-0.3, -0.25) is 4.79 Å². The highest BCUT2D eigenvalue weighted by Crippen LogP contribution is 2.17. The molecule has 0 N–H and O–H groups in total. The molecule has 1 fully saturated rings. The second-order valence-corrected chi connectivity index (χ2v) is 5.15. The fraction of sp³-hybridized carbons (Fsp3) is 0.667. The molecule has 0 spiro atoms. The number of aromatic nitrogens is 2. The Morgan fingerprint density at radius 3 is 2.56 bits per heavy atom. The van der Waals surface area contributed by atoms with Crippen LogP contribution in [0.15, 0.2) is 0 Å². The van der Waals surface area contributed by atoms with Crippen LogP contribution in [-0.2, 0) is 0 Å². The SMILES string of the molecule is CCN1CCN(C(=O)c2nnc(Cl)s2)CC1. The van der Waals surface area contributed by atoms with Crippen LogP contribution in [0.5, 0.6) is 0 Å². The number of halogens is 1. The minimum Gasteiger partial charge on any atom is -0.334 e. The Kier molecular flexibility index (Phi) is 3.73. The summed E-state index contributed by atoms with van der Waals surface area (Å²) >= 11 is 6.79. The zero-order valence-electron chi connectivity index (χ0n) is 9.02. The standard InChI is InChI=1S/C9H13ClN4OS/c1-2-13-3-5-14(6-4-13)8(15)7-11-12-9(10)16-7/h2-6H2,1H3. The van der Waals surface area contributed by atoms with Gasteiger partial charge >= 0.3 is 0 Å². The fourth-order valence-electron chi connectivity index (χ4n) is 1.69. The van der Waals surface area contributed by atoms with Crippen LogP contribution in [0.1, 0.15) is 16.7 Å². The van der Waals surface area contributed by atoms with Crippen LogP contribution in [-0.4, -0.2) is 58.6 Å². The lowest BCUT2D eigenvalue weighted by Crippen LogP contribution is -2.48. The van der Waals surface area contributed by atoms with Gasteiger partial charge in [-0.15, -0.1) is 10.2 Å². The molecule has 88 valence electrons. The lowest BCUT2D eigenvalue weighted by atomic mass is 10.3. The lowest BCUT2D eigenvalue weighted by Gasteiger charge is -2.33. The third-order valence-corrected chi connectivity index (χ3v) is 3.70. The zero-order valence-corrected chi connectivity index (χ0v) is 10.6. The molecule has 0 aromatic carbocycles. The van der Waals surface area contributed by atoms with Crippen LogP contribution < -0.4 is 0 Å². The van der Waals surface area contributed by atoms with E-state index in [0.29, 0.717) is 9.47 Å². The summed E-state index contributed by atoms with van der Waals surface area (Å²) in [6.45, 7) is 6.52. The number of likely N-dealkylation sites (N-methyl/N-ethyl adjacent to an activating group) is 1. The maximum absolute atomic E-state index is 12.0. The van der Waals surface area contributed by atoms with Crippen molar-refractivity contribution in [3.63, 3.8) is 0 Å². The maximum atomic E-state index is 12.0. The average molecular weight is 261 g/mol. The summed E-state index contributed by atoms with van der Waals surface area (Å²) < 4.78 is 0.315. The summed E-state index contributed by atoms with van der Waals surface area (Å²) in [7, 11) is 0. The highest BCUT2D eigenvalue weighted by molar-refractivity contribution is 7.17. The molecule has 0 radical (unpaired) electrons. The summed E-state index contributed by atoms with van der Waals surface area (Å²) in [5.74, 6) is -0.0554. The van der Waals surface area contributed by atoms with Gasteiger partial charge in [-0.05, 0) is 18.1 Å². The van der Waals surface area contributed by atoms with Crippen LogP contribution >= 0.6 is 22.9 Å². The molecule has 0 atom stereocenters. The maximum Gasteiger partial charge on any atom is 0.284 e. The van der Waals surface area contributed by atoms with Gasteiger partial charge < -0.3 is 9.80 Å². The smallest absolute Gasteiger partial charge is 0.284 e. The summed E-state index contributed by atoms with van der Waals surface area (Å²) in [5.41, 5.74) is 0. The Morgan fingerprint density at radius 1 is 1.38 bits per heavy atom. The van der Waals surface area contributed by atoms with Crippen molar-refractivity contribution in [2.24, 2.45) is 0 Å². The number of nitrogens with zero attached hydrogens (tertiary/aromatic N) is 4. The number of piperazine rings is 1. The van der Waals surface area contributed by atoms with Crippen LogP contribution in [0.25, 0.3) is 0 Å². The molecular weight excluding hydrogens is 248 g/mol. The quantitative estimate of drug-likeness (QED) is 0.795. The van der Waals surface area contributed by atoms with E-state index in [9.17, 15) is 4.79 Å². The molecule has 1 aliphatic heterocycles. The second kappa shape index (κ2) is 5.07. The highest BCUT2D eigenvalue weighted by Gasteiger charge is 2.23. The number of hydrogen-bond donors (Lipinski definition) is 0. The van der Waals surface area contributed by atoms with Gasteiger partial charge in [0.05, 0.1) is 0 Å². The predicted molar refractivity (Wildman–Crippen MR) is 62.9 cm³/mol. The molecule has 5 nitrogen and oxygen atoms in total. The molecule has 0 saturated carbocycles. The third kappa shape index (κ3) is 2.50. The number of carbonyl (C=O) groups is 1. The van der Waals surface area contributed by atoms with Gasteiger partial charge in [-0.1, -0.05) is 18.3 Å². The first-order valence-corrected chi connectivity index (χ1v) is 6.40. The first-order valence-electron chi connectivity index (χ1n) is 5.21. The van der Waals surface area contributed by atoms with E-state index in [0.717, 1.165) is 44.1 Å². The minimum atomic E-state index is -0.0554. The zero-order chi connectivity index (χ0) is 11.5. The largest absolute Gasteiger partial charge is 0.334 e. The second-order valence-electron chi connectivity index (χ2n) is 3.59. The third-order valence-electron chi connectivity index (χ3n) is 2.69. The van der Waals surface area contributed by atoms with Crippen LogP contribution in [0, 0.1) is 0 Å². The van der Waals surface area contributed by atoms with Crippen LogP contribution in [0.2, 0.25) is 4.47 Å². The summed E-state index contributed by atoms with van der Waals surface area (Å²) in [4.78, 5) is 16.1. The molecule has 2 rings (SSSR count). The Morgan fingerprint density at radius 2 is 2.06 bits per heavy atom. The molecule has 0 unspecified atom stereocenters. The molecule has 1 aliphatic rings. The van der Waals surface area contributed by atoms with E-state index in [1.54, 1.807) is 0 Å². The molecule has 1 aromatic rings. The Hall–Kier alpha value is -0.720. The van der Waals surface area contributed by atoms with Crippen molar-refractivity contribution in [2.45, 2.75) is 6.92 Å². The van der Waals surface area contributed by atoms with E-state index >= 15 is 0 Å². The topological polar surface area (TPSA) is 49.3 Å². The first-order chi connectivity index (χ1) is 7.70. The van der Waals surface area contributed by atoms with E-state index in [1.165, 1.54) is 0 Å². The van der Waals surface area contributed by atoms with E-state index in [-0.39, 0.29) is 5.91 Å². The summed E-state index contributed by atoms with van der Waals surface area (Å²) in [6, 6.07) is 0. The van der Waals surface area contributed by atoms with Crippen LogP contribution in [0.4, 0.5) is 0 Å². The fourth-order valence-corrected chi connectivity index (χ4v) is 2.49. The number of rotatable bonds is 2. The Bertz CT molecular complexity index is 375. The molecule has 7 heteroatoms. The van der Waals surface area contributed by atoms with E-state index < -0.39 is 0 Å². The molecule has 1 saturated heterocycles. The van der Waals surface area contributed by atoms with Crippen molar-refractivity contribution in [2.75, 3.05) is 32.7 Å². The number of amides is 1. The highest BCUT2D eigenvalue weighted by atomic mass is 35.5. The van der Waals surface area contributed by atoms with Crippen molar-refractivity contribution in [3.05, 3.63) is 9.47 Å². The number of carbonyl (C=O) groups excluding carboxylic acids is 1. The van der Waals surface area contributed by atoms with Crippen molar-refractivity contribution in [1.82, 2.24) is 20.0 Å². The van der Waals surface area contributed by atoms with Gasteiger partial charge in [0.1, 0.15) is 0 Å². The van der Waals surface area contributed by atoms with Gasteiger partial charge in [-0.2, -0.15) is 0 Å². The first kappa shape index (κ1) is 11.8. The molecule has 0 bridgehead atoms. The molecule has 16 heavy (non-hydrogen) atoms. The van der Waals surface area contributed by atoms with E-state index in [4.69, 9.17) is 11.6 Å². The Balaban J connectivity index is 1.96. The van der Waals surface area contributed by atoms with Gasteiger partial charge in [0.2, 0.25) is 9.47 Å².